The molecule has 1 heterocycles. The number of nitrogens with zero attached hydrogens (tertiary/aromatic N) is 2. The van der Waals surface area contributed by atoms with Gasteiger partial charge in [0.2, 0.25) is 0 Å². The number of phenols is 1. The maximum absolute atomic E-state index is 10.0. The van der Waals surface area contributed by atoms with E-state index in [0.29, 0.717) is 78.2 Å². The zero-order chi connectivity index (χ0) is 23.7. The van der Waals surface area contributed by atoms with E-state index in [1.807, 2.05) is 30.3 Å². The zero-order valence-corrected chi connectivity index (χ0v) is 19.8. The lowest BCUT2D eigenvalue weighted by molar-refractivity contribution is -0.0189. The van der Waals surface area contributed by atoms with Gasteiger partial charge >= 0.3 is 0 Å². The summed E-state index contributed by atoms with van der Waals surface area (Å²) in [7, 11) is 0. The van der Waals surface area contributed by atoms with Crippen LogP contribution in [0.15, 0.2) is 53.5 Å². The Bertz CT molecular complexity index is 830. The Morgan fingerprint density at radius 3 is 1.76 bits per heavy atom. The summed E-state index contributed by atoms with van der Waals surface area (Å²) in [5.41, 5.74) is 2.66. The highest BCUT2D eigenvalue weighted by molar-refractivity contribution is 5.85. The van der Waals surface area contributed by atoms with E-state index in [1.54, 1.807) is 18.3 Å². The van der Waals surface area contributed by atoms with E-state index in [-0.39, 0.29) is 5.75 Å². The van der Waals surface area contributed by atoms with Crippen molar-refractivity contribution >= 4 is 11.9 Å². The Morgan fingerprint density at radius 1 is 0.676 bits per heavy atom. The van der Waals surface area contributed by atoms with Crippen molar-refractivity contribution in [1.29, 1.82) is 0 Å². The van der Waals surface area contributed by atoms with Crippen molar-refractivity contribution in [2.45, 2.75) is 6.54 Å². The number of hydrogen-bond acceptors (Lipinski definition) is 8. The highest BCUT2D eigenvalue weighted by Crippen LogP contribution is 2.22. The standard InChI is InChI=1S/C26H36N2O6/c29-26-8-4-2-5-23(26)21-27-25-7-3-1-6-24(25)22-28-9-11-30-13-15-32-17-19-34-20-18-33-16-14-31-12-10-28/h1-8,21,29H,9-20,22H2. The van der Waals surface area contributed by atoms with Crippen molar-refractivity contribution < 1.29 is 28.8 Å². The molecule has 186 valence electrons. The number of aliphatic imine (C=N–C) groups is 1. The Morgan fingerprint density at radius 2 is 1.18 bits per heavy atom. The molecule has 0 saturated carbocycles. The molecule has 0 spiro atoms. The van der Waals surface area contributed by atoms with Crippen molar-refractivity contribution in [3.8, 4) is 5.75 Å². The number of para-hydroxylation sites is 2. The third kappa shape index (κ3) is 10.3. The molecular formula is C26H36N2O6. The molecule has 1 N–H and O–H groups in total. The van der Waals surface area contributed by atoms with Crippen molar-refractivity contribution in [3.05, 3.63) is 59.7 Å². The highest BCUT2D eigenvalue weighted by atomic mass is 16.6. The van der Waals surface area contributed by atoms with E-state index in [2.05, 4.69) is 16.0 Å². The smallest absolute Gasteiger partial charge is 0.124 e. The van der Waals surface area contributed by atoms with Gasteiger partial charge in [-0.25, -0.2) is 0 Å². The lowest BCUT2D eigenvalue weighted by Crippen LogP contribution is -2.31. The van der Waals surface area contributed by atoms with Crippen LogP contribution in [0, 0.1) is 0 Å². The number of hydrogen-bond donors (Lipinski definition) is 1. The van der Waals surface area contributed by atoms with Crippen LogP contribution in [0.5, 0.6) is 5.75 Å². The third-order valence-electron chi connectivity index (χ3n) is 5.26. The monoisotopic (exact) mass is 472 g/mol. The molecule has 0 atom stereocenters. The van der Waals surface area contributed by atoms with Crippen molar-refractivity contribution in [3.63, 3.8) is 0 Å². The molecule has 1 aliphatic heterocycles. The van der Waals surface area contributed by atoms with Gasteiger partial charge in [0.25, 0.3) is 0 Å². The number of ether oxygens (including phenoxy) is 5. The van der Waals surface area contributed by atoms with Gasteiger partial charge in [-0.15, -0.1) is 0 Å². The molecule has 0 aliphatic carbocycles. The average molecular weight is 473 g/mol. The second-order valence-electron chi connectivity index (χ2n) is 7.78. The van der Waals surface area contributed by atoms with E-state index in [1.165, 1.54) is 0 Å². The molecule has 8 heteroatoms. The Balaban J connectivity index is 1.58. The Labute approximate surface area is 202 Å². The molecule has 2 aromatic carbocycles. The molecule has 2 aromatic rings. The third-order valence-corrected chi connectivity index (χ3v) is 5.26. The van der Waals surface area contributed by atoms with Crippen LogP contribution < -0.4 is 0 Å². The summed E-state index contributed by atoms with van der Waals surface area (Å²) < 4.78 is 28.0. The van der Waals surface area contributed by atoms with Gasteiger partial charge in [-0.3, -0.25) is 9.89 Å². The molecule has 0 radical (unpaired) electrons. The fourth-order valence-electron chi connectivity index (χ4n) is 3.39. The molecule has 0 amide bonds. The number of aromatic hydroxyl groups is 1. The maximum Gasteiger partial charge on any atom is 0.124 e. The van der Waals surface area contributed by atoms with Crippen LogP contribution in [-0.2, 0) is 30.2 Å². The molecule has 3 rings (SSSR count). The molecule has 1 aliphatic rings. The predicted molar refractivity (Wildman–Crippen MR) is 131 cm³/mol. The fraction of sp³-hybridized carbons (Fsp3) is 0.500. The molecular weight excluding hydrogens is 436 g/mol. The first kappa shape index (κ1) is 26.3. The van der Waals surface area contributed by atoms with Crippen molar-refractivity contribution in [2.24, 2.45) is 4.99 Å². The van der Waals surface area contributed by atoms with E-state index < -0.39 is 0 Å². The van der Waals surface area contributed by atoms with Crippen molar-refractivity contribution in [2.75, 3.05) is 79.2 Å². The van der Waals surface area contributed by atoms with Gasteiger partial charge in [-0.1, -0.05) is 30.3 Å². The first-order valence-electron chi connectivity index (χ1n) is 11.8. The molecule has 0 unspecified atom stereocenters. The van der Waals surface area contributed by atoms with Crippen molar-refractivity contribution in [1.82, 2.24) is 4.90 Å². The average Bonchev–Trinajstić information content (AvgIpc) is 2.85. The molecule has 1 saturated heterocycles. The number of phenolic OH excluding ortho intramolecular Hbond substituents is 1. The largest absolute Gasteiger partial charge is 0.507 e. The lowest BCUT2D eigenvalue weighted by Gasteiger charge is -2.23. The lowest BCUT2D eigenvalue weighted by atomic mass is 10.1. The summed E-state index contributed by atoms with van der Waals surface area (Å²) in [6, 6.07) is 15.2. The molecule has 0 aromatic heterocycles. The Hall–Kier alpha value is -2.33. The summed E-state index contributed by atoms with van der Waals surface area (Å²) in [5, 5.41) is 10.0. The van der Waals surface area contributed by atoms with E-state index in [9.17, 15) is 5.11 Å². The van der Waals surface area contributed by atoms with Gasteiger partial charge in [-0.05, 0) is 23.8 Å². The summed E-state index contributed by atoms with van der Waals surface area (Å²) in [6.07, 6.45) is 1.70. The zero-order valence-electron chi connectivity index (χ0n) is 19.8. The topological polar surface area (TPSA) is 82.0 Å². The highest BCUT2D eigenvalue weighted by Gasteiger charge is 2.10. The summed E-state index contributed by atoms with van der Waals surface area (Å²) in [4.78, 5) is 6.95. The minimum absolute atomic E-state index is 0.214. The molecule has 34 heavy (non-hydrogen) atoms. The first-order valence-corrected chi connectivity index (χ1v) is 11.8. The normalized spacial score (nSPS) is 18.9. The summed E-state index contributed by atoms with van der Waals surface area (Å²) >= 11 is 0. The summed E-state index contributed by atoms with van der Waals surface area (Å²) in [5.74, 6) is 0.214. The SMILES string of the molecule is Oc1ccccc1C=Nc1ccccc1CN1CCOCCOCCOCCOCCOCC1. The maximum atomic E-state index is 10.0. The van der Waals surface area contributed by atoms with Gasteiger partial charge in [0, 0.05) is 31.4 Å². The van der Waals surface area contributed by atoms with Crippen LogP contribution in [0.25, 0.3) is 0 Å². The van der Waals surface area contributed by atoms with E-state index in [0.717, 1.165) is 24.3 Å². The van der Waals surface area contributed by atoms with Crippen LogP contribution >= 0.6 is 0 Å². The van der Waals surface area contributed by atoms with Crippen LogP contribution in [0.2, 0.25) is 0 Å². The second-order valence-corrected chi connectivity index (χ2v) is 7.78. The molecule has 0 bridgehead atoms. The van der Waals surface area contributed by atoms with Crippen LogP contribution in [0.1, 0.15) is 11.1 Å². The predicted octanol–water partition coefficient (Wildman–Crippen LogP) is 3.04. The number of rotatable bonds is 4. The van der Waals surface area contributed by atoms with Gasteiger partial charge in [0.05, 0.1) is 71.8 Å². The van der Waals surface area contributed by atoms with Crippen LogP contribution in [0.3, 0.4) is 0 Å². The summed E-state index contributed by atoms with van der Waals surface area (Å²) in [6.45, 7) is 7.86. The fourth-order valence-corrected chi connectivity index (χ4v) is 3.39. The minimum Gasteiger partial charge on any atom is -0.507 e. The van der Waals surface area contributed by atoms with Gasteiger partial charge in [-0.2, -0.15) is 0 Å². The number of benzene rings is 2. The van der Waals surface area contributed by atoms with Crippen LogP contribution in [0.4, 0.5) is 5.69 Å². The Kier molecular flexibility index (Phi) is 12.6. The van der Waals surface area contributed by atoms with Gasteiger partial charge in [0.1, 0.15) is 5.75 Å². The van der Waals surface area contributed by atoms with Gasteiger partial charge in [0.15, 0.2) is 0 Å². The first-order chi connectivity index (χ1) is 16.8. The van der Waals surface area contributed by atoms with E-state index in [4.69, 9.17) is 23.7 Å². The van der Waals surface area contributed by atoms with E-state index >= 15 is 0 Å². The minimum atomic E-state index is 0.214. The molecule has 8 nitrogen and oxygen atoms in total. The van der Waals surface area contributed by atoms with Gasteiger partial charge < -0.3 is 28.8 Å². The second kappa shape index (κ2) is 16.3. The molecule has 1 fully saturated rings. The van der Waals surface area contributed by atoms with Crippen LogP contribution in [-0.4, -0.2) is 95.4 Å². The quantitative estimate of drug-likeness (QED) is 0.685.